The smallest absolute Gasteiger partial charge is 0.335 e. The first kappa shape index (κ1) is 13.4. The minimum Gasteiger partial charge on any atom is -0.478 e. The molecule has 0 saturated carbocycles. The van der Waals surface area contributed by atoms with Gasteiger partial charge < -0.3 is 15.3 Å². The largest absolute Gasteiger partial charge is 0.478 e. The number of carboxylic acid groups (broad SMARTS) is 1. The van der Waals surface area contributed by atoms with Crippen LogP contribution in [0.1, 0.15) is 16.8 Å². The number of hydrogen-bond donors (Lipinski definition) is 2. The van der Waals surface area contributed by atoms with Crippen LogP contribution in [0.3, 0.4) is 0 Å². The van der Waals surface area contributed by atoms with E-state index in [0.717, 1.165) is 30.9 Å². The summed E-state index contributed by atoms with van der Waals surface area (Å²) in [6, 6.07) is 11.4. The van der Waals surface area contributed by atoms with E-state index in [1.807, 2.05) is 24.3 Å². The molecule has 1 aliphatic rings. The number of hydrogen-bond acceptors (Lipinski definition) is 4. The SMILES string of the molecule is O=C(O)c1ccc(N2CCC(Nc3ccncc3)C2)cc1. The Morgan fingerprint density at radius 2 is 1.90 bits per heavy atom. The lowest BCUT2D eigenvalue weighted by atomic mass is 10.2. The molecule has 0 radical (unpaired) electrons. The van der Waals surface area contributed by atoms with E-state index in [-0.39, 0.29) is 0 Å². The van der Waals surface area contributed by atoms with Crippen LogP contribution in [-0.4, -0.2) is 35.2 Å². The summed E-state index contributed by atoms with van der Waals surface area (Å²) >= 11 is 0. The summed E-state index contributed by atoms with van der Waals surface area (Å²) in [5.74, 6) is -0.889. The van der Waals surface area contributed by atoms with Gasteiger partial charge in [0.15, 0.2) is 0 Å². The third-order valence-electron chi connectivity index (χ3n) is 3.72. The lowest BCUT2D eigenvalue weighted by Gasteiger charge is -2.19. The highest BCUT2D eigenvalue weighted by atomic mass is 16.4. The van der Waals surface area contributed by atoms with Crippen LogP contribution in [-0.2, 0) is 0 Å². The second-order valence-electron chi connectivity index (χ2n) is 5.16. The van der Waals surface area contributed by atoms with E-state index in [2.05, 4.69) is 15.2 Å². The fourth-order valence-corrected chi connectivity index (χ4v) is 2.61. The quantitative estimate of drug-likeness (QED) is 0.902. The Morgan fingerprint density at radius 3 is 2.57 bits per heavy atom. The first-order valence-corrected chi connectivity index (χ1v) is 6.97. The molecule has 1 atom stereocenters. The van der Waals surface area contributed by atoms with E-state index in [1.165, 1.54) is 0 Å². The number of carboxylic acids is 1. The monoisotopic (exact) mass is 283 g/mol. The molecule has 1 aromatic carbocycles. The second kappa shape index (κ2) is 5.83. The highest BCUT2D eigenvalue weighted by Gasteiger charge is 2.22. The Bertz CT molecular complexity index is 613. The van der Waals surface area contributed by atoms with Crippen molar-refractivity contribution >= 4 is 17.3 Å². The Kier molecular flexibility index (Phi) is 3.73. The van der Waals surface area contributed by atoms with Gasteiger partial charge in [0.1, 0.15) is 0 Å². The lowest BCUT2D eigenvalue weighted by molar-refractivity contribution is 0.0697. The minimum absolute atomic E-state index is 0.324. The van der Waals surface area contributed by atoms with Gasteiger partial charge >= 0.3 is 5.97 Å². The van der Waals surface area contributed by atoms with Crippen LogP contribution in [0, 0.1) is 0 Å². The van der Waals surface area contributed by atoms with Gasteiger partial charge in [-0.3, -0.25) is 4.98 Å². The maximum atomic E-state index is 10.9. The summed E-state index contributed by atoms with van der Waals surface area (Å²) in [4.78, 5) is 17.1. The molecule has 0 spiro atoms. The molecule has 1 unspecified atom stereocenters. The first-order valence-electron chi connectivity index (χ1n) is 6.97. The molecule has 1 aliphatic heterocycles. The number of aromatic carboxylic acids is 1. The normalized spacial score (nSPS) is 17.7. The van der Waals surface area contributed by atoms with Gasteiger partial charge in [-0.15, -0.1) is 0 Å². The maximum Gasteiger partial charge on any atom is 0.335 e. The van der Waals surface area contributed by atoms with Crippen LogP contribution in [0.2, 0.25) is 0 Å². The number of benzene rings is 1. The highest BCUT2D eigenvalue weighted by Crippen LogP contribution is 2.22. The average Bonchev–Trinajstić information content (AvgIpc) is 2.97. The molecule has 5 nitrogen and oxygen atoms in total. The van der Waals surface area contributed by atoms with Gasteiger partial charge in [0, 0.05) is 42.9 Å². The lowest BCUT2D eigenvalue weighted by Crippen LogP contribution is -2.25. The van der Waals surface area contributed by atoms with Crippen LogP contribution in [0.25, 0.3) is 0 Å². The van der Waals surface area contributed by atoms with Crippen LogP contribution < -0.4 is 10.2 Å². The van der Waals surface area contributed by atoms with Gasteiger partial charge in [-0.25, -0.2) is 4.79 Å². The van der Waals surface area contributed by atoms with Crippen molar-refractivity contribution in [3.05, 3.63) is 54.4 Å². The molecule has 0 aliphatic carbocycles. The zero-order valence-electron chi connectivity index (χ0n) is 11.6. The number of rotatable bonds is 4. The Hall–Kier alpha value is -2.56. The fraction of sp³-hybridized carbons (Fsp3) is 0.250. The molecule has 1 saturated heterocycles. The Balaban J connectivity index is 1.62. The fourth-order valence-electron chi connectivity index (χ4n) is 2.61. The standard InChI is InChI=1S/C16H17N3O2/c20-16(21)12-1-3-15(4-2-12)19-10-7-14(11-19)18-13-5-8-17-9-6-13/h1-6,8-9,14H,7,10-11H2,(H,17,18)(H,20,21). The summed E-state index contributed by atoms with van der Waals surface area (Å²) in [5.41, 5.74) is 2.47. The zero-order chi connectivity index (χ0) is 14.7. The number of nitrogens with zero attached hydrogens (tertiary/aromatic N) is 2. The Morgan fingerprint density at radius 1 is 1.19 bits per heavy atom. The number of nitrogens with one attached hydrogen (secondary N) is 1. The molecule has 21 heavy (non-hydrogen) atoms. The topological polar surface area (TPSA) is 65.5 Å². The zero-order valence-corrected chi connectivity index (χ0v) is 11.6. The van der Waals surface area contributed by atoms with E-state index in [0.29, 0.717) is 11.6 Å². The molecular formula is C16H17N3O2. The van der Waals surface area contributed by atoms with Crippen LogP contribution >= 0.6 is 0 Å². The number of carbonyl (C=O) groups is 1. The predicted octanol–water partition coefficient (Wildman–Crippen LogP) is 2.47. The van der Waals surface area contributed by atoms with Gasteiger partial charge in [-0.2, -0.15) is 0 Å². The first-order chi connectivity index (χ1) is 10.2. The molecule has 3 rings (SSSR count). The Labute approximate surface area is 123 Å². The molecule has 5 heteroatoms. The van der Waals surface area contributed by atoms with E-state index in [1.54, 1.807) is 24.5 Å². The summed E-state index contributed by atoms with van der Waals surface area (Å²) in [6.07, 6.45) is 4.61. The molecule has 1 fully saturated rings. The molecule has 0 bridgehead atoms. The van der Waals surface area contributed by atoms with Crippen LogP contribution in [0.5, 0.6) is 0 Å². The summed E-state index contributed by atoms with van der Waals surface area (Å²) in [5, 5.41) is 12.4. The van der Waals surface area contributed by atoms with Crippen molar-refractivity contribution in [2.45, 2.75) is 12.5 Å². The van der Waals surface area contributed by atoms with Gasteiger partial charge in [0.25, 0.3) is 0 Å². The van der Waals surface area contributed by atoms with E-state index in [9.17, 15) is 4.79 Å². The number of aromatic nitrogens is 1. The molecule has 2 N–H and O–H groups in total. The third-order valence-corrected chi connectivity index (χ3v) is 3.72. The van der Waals surface area contributed by atoms with E-state index in [4.69, 9.17) is 5.11 Å². The van der Waals surface area contributed by atoms with Crippen LogP contribution in [0.15, 0.2) is 48.8 Å². The highest BCUT2D eigenvalue weighted by molar-refractivity contribution is 5.88. The van der Waals surface area contributed by atoms with Gasteiger partial charge in [0.2, 0.25) is 0 Å². The molecule has 2 aromatic rings. The van der Waals surface area contributed by atoms with Gasteiger partial charge in [0.05, 0.1) is 5.56 Å². The van der Waals surface area contributed by atoms with Crippen molar-refractivity contribution in [1.29, 1.82) is 0 Å². The van der Waals surface area contributed by atoms with E-state index >= 15 is 0 Å². The van der Waals surface area contributed by atoms with Crippen molar-refractivity contribution in [2.75, 3.05) is 23.3 Å². The molecule has 0 amide bonds. The molecule has 1 aromatic heterocycles. The summed E-state index contributed by atoms with van der Waals surface area (Å²) in [7, 11) is 0. The van der Waals surface area contributed by atoms with Crippen molar-refractivity contribution < 1.29 is 9.90 Å². The number of pyridine rings is 1. The molecule has 2 heterocycles. The summed E-state index contributed by atoms with van der Waals surface area (Å²) in [6.45, 7) is 1.88. The third kappa shape index (κ3) is 3.13. The van der Waals surface area contributed by atoms with Crippen molar-refractivity contribution in [1.82, 2.24) is 4.98 Å². The molecular weight excluding hydrogens is 266 g/mol. The maximum absolute atomic E-state index is 10.9. The van der Waals surface area contributed by atoms with Crippen molar-refractivity contribution in [3.63, 3.8) is 0 Å². The van der Waals surface area contributed by atoms with Gasteiger partial charge in [-0.1, -0.05) is 0 Å². The second-order valence-corrected chi connectivity index (χ2v) is 5.16. The minimum atomic E-state index is -0.889. The van der Waals surface area contributed by atoms with Gasteiger partial charge in [-0.05, 0) is 42.8 Å². The summed E-state index contributed by atoms with van der Waals surface area (Å²) < 4.78 is 0. The number of anilines is 2. The van der Waals surface area contributed by atoms with E-state index < -0.39 is 5.97 Å². The van der Waals surface area contributed by atoms with Crippen LogP contribution in [0.4, 0.5) is 11.4 Å². The predicted molar refractivity (Wildman–Crippen MR) is 81.9 cm³/mol. The van der Waals surface area contributed by atoms with Crippen molar-refractivity contribution in [2.24, 2.45) is 0 Å². The molecule has 108 valence electrons. The average molecular weight is 283 g/mol. The van der Waals surface area contributed by atoms with Crippen molar-refractivity contribution in [3.8, 4) is 0 Å².